The summed E-state index contributed by atoms with van der Waals surface area (Å²) in [6, 6.07) is 4.07. The summed E-state index contributed by atoms with van der Waals surface area (Å²) in [5.74, 6) is -0.298. The predicted octanol–water partition coefficient (Wildman–Crippen LogP) is 1.68. The van der Waals surface area contributed by atoms with Gasteiger partial charge < -0.3 is 4.74 Å². The highest BCUT2D eigenvalue weighted by molar-refractivity contribution is 5.95. The fourth-order valence-corrected chi connectivity index (χ4v) is 1.22. The molecule has 0 spiro atoms. The van der Waals surface area contributed by atoms with E-state index in [0.29, 0.717) is 0 Å². The van der Waals surface area contributed by atoms with Gasteiger partial charge in [0.25, 0.3) is 5.69 Å². The van der Waals surface area contributed by atoms with Gasteiger partial charge in [0.05, 0.1) is 12.0 Å². The van der Waals surface area contributed by atoms with Crippen molar-refractivity contribution >= 4 is 11.5 Å². The minimum Gasteiger partial charge on any atom is -0.495 e. The maximum absolute atomic E-state index is 11.1. The summed E-state index contributed by atoms with van der Waals surface area (Å²) in [6.07, 6.45) is 0. The molecule has 0 aliphatic heterocycles. The molecule has 82 valence electrons. The molecule has 0 radical (unpaired) electrons. The van der Waals surface area contributed by atoms with Crippen LogP contribution in [0.2, 0.25) is 0 Å². The van der Waals surface area contributed by atoms with Gasteiger partial charge in [-0.25, -0.2) is 0 Å². The minimum atomic E-state index is -0.715. The summed E-state index contributed by atoms with van der Waals surface area (Å²) in [4.78, 5) is 21.1. The molecule has 6 heteroatoms. The summed E-state index contributed by atoms with van der Waals surface area (Å²) in [6.45, 7) is 1.28. The first-order valence-corrected chi connectivity index (χ1v) is 4.28. The fourth-order valence-electron chi connectivity index (χ4n) is 1.22. The van der Waals surface area contributed by atoms with Crippen LogP contribution in [0.5, 0.6) is 5.75 Å². The third-order valence-electron chi connectivity index (χ3n) is 2.02. The number of hydrogen-bond donors (Lipinski definition) is 0. The van der Waals surface area contributed by atoms with Crippen molar-refractivity contribution in [1.29, 1.82) is 5.26 Å². The number of ether oxygens (including phenoxy) is 1. The first-order valence-electron chi connectivity index (χ1n) is 4.28. The number of nitrogens with zero attached hydrogens (tertiary/aromatic N) is 2. The Labute approximate surface area is 91.2 Å². The molecule has 6 nitrogen and oxygen atoms in total. The highest BCUT2D eigenvalue weighted by atomic mass is 16.6. The van der Waals surface area contributed by atoms with Gasteiger partial charge in [-0.05, 0) is 13.0 Å². The molecule has 16 heavy (non-hydrogen) atoms. The standard InChI is InChI=1S/C10H8N2O4/c1-6(13)7-3-9(12(14)15)8(5-11)10(4-7)16-2/h3-4H,1-2H3. The molecule has 1 rings (SSSR count). The normalized spacial score (nSPS) is 9.31. The molecule has 0 saturated carbocycles. The Kier molecular flexibility index (Phi) is 3.20. The van der Waals surface area contributed by atoms with E-state index in [0.717, 1.165) is 6.07 Å². The summed E-state index contributed by atoms with van der Waals surface area (Å²) in [5, 5.41) is 19.5. The lowest BCUT2D eigenvalue weighted by Crippen LogP contribution is -2.01. The number of methoxy groups -OCH3 is 1. The number of carbonyl (C=O) groups is 1. The van der Waals surface area contributed by atoms with Crippen LogP contribution >= 0.6 is 0 Å². The number of nitro benzene ring substituents is 1. The Morgan fingerprint density at radius 2 is 2.19 bits per heavy atom. The topological polar surface area (TPSA) is 93.2 Å². The van der Waals surface area contributed by atoms with E-state index in [1.807, 2.05) is 0 Å². The van der Waals surface area contributed by atoms with Crippen LogP contribution in [-0.2, 0) is 0 Å². The Morgan fingerprint density at radius 3 is 2.56 bits per heavy atom. The molecule has 0 bridgehead atoms. The van der Waals surface area contributed by atoms with Crippen LogP contribution in [0.4, 0.5) is 5.69 Å². The molecule has 0 aromatic heterocycles. The molecule has 0 amide bonds. The fraction of sp³-hybridized carbons (Fsp3) is 0.200. The zero-order valence-corrected chi connectivity index (χ0v) is 8.68. The van der Waals surface area contributed by atoms with Crippen molar-refractivity contribution in [3.05, 3.63) is 33.4 Å². The highest BCUT2D eigenvalue weighted by Crippen LogP contribution is 2.29. The van der Waals surface area contributed by atoms with Crippen molar-refractivity contribution in [2.75, 3.05) is 7.11 Å². The van der Waals surface area contributed by atoms with Crippen LogP contribution < -0.4 is 4.74 Å². The molecule has 0 aliphatic rings. The van der Waals surface area contributed by atoms with E-state index in [4.69, 9.17) is 10.00 Å². The molecule has 0 saturated heterocycles. The van der Waals surface area contributed by atoms with Crippen LogP contribution in [-0.4, -0.2) is 17.8 Å². The second kappa shape index (κ2) is 4.40. The number of nitriles is 1. The molecular formula is C10H8N2O4. The van der Waals surface area contributed by atoms with E-state index >= 15 is 0 Å². The number of Topliss-reactive ketones (excluding diaryl/α,β-unsaturated/α-hetero) is 1. The summed E-state index contributed by atoms with van der Waals surface area (Å²) in [7, 11) is 1.28. The summed E-state index contributed by atoms with van der Waals surface area (Å²) >= 11 is 0. The van der Waals surface area contributed by atoms with E-state index in [-0.39, 0.29) is 22.7 Å². The van der Waals surface area contributed by atoms with Gasteiger partial charge in [0.15, 0.2) is 11.3 Å². The van der Waals surface area contributed by atoms with Gasteiger partial charge in [0.2, 0.25) is 0 Å². The Morgan fingerprint density at radius 1 is 1.56 bits per heavy atom. The smallest absolute Gasteiger partial charge is 0.291 e. The zero-order valence-electron chi connectivity index (χ0n) is 8.68. The number of benzene rings is 1. The van der Waals surface area contributed by atoms with Crippen LogP contribution in [0.25, 0.3) is 0 Å². The Hall–Kier alpha value is -2.42. The van der Waals surface area contributed by atoms with Crippen molar-refractivity contribution < 1.29 is 14.5 Å². The van der Waals surface area contributed by atoms with Gasteiger partial charge in [-0.15, -0.1) is 0 Å². The Bertz CT molecular complexity index is 502. The molecule has 0 aliphatic carbocycles. The van der Waals surface area contributed by atoms with Crippen LogP contribution in [0.1, 0.15) is 22.8 Å². The van der Waals surface area contributed by atoms with Gasteiger partial charge in [-0.1, -0.05) is 0 Å². The monoisotopic (exact) mass is 220 g/mol. The lowest BCUT2D eigenvalue weighted by atomic mass is 10.1. The summed E-state index contributed by atoms with van der Waals surface area (Å²) < 4.78 is 4.84. The molecule has 1 aromatic rings. The van der Waals surface area contributed by atoms with E-state index in [9.17, 15) is 14.9 Å². The van der Waals surface area contributed by atoms with Gasteiger partial charge in [-0.3, -0.25) is 14.9 Å². The van der Waals surface area contributed by atoms with E-state index < -0.39 is 10.6 Å². The van der Waals surface area contributed by atoms with Crippen molar-refractivity contribution in [1.82, 2.24) is 0 Å². The third kappa shape index (κ3) is 1.98. The van der Waals surface area contributed by atoms with E-state index in [1.54, 1.807) is 6.07 Å². The van der Waals surface area contributed by atoms with Crippen molar-refractivity contribution in [3.63, 3.8) is 0 Å². The minimum absolute atomic E-state index is 0.0295. The maximum atomic E-state index is 11.1. The molecule has 1 aromatic carbocycles. The van der Waals surface area contributed by atoms with Crippen molar-refractivity contribution in [2.45, 2.75) is 6.92 Å². The van der Waals surface area contributed by atoms with Crippen LogP contribution in [0.3, 0.4) is 0 Å². The molecule has 0 N–H and O–H groups in total. The Balaban J connectivity index is 3.57. The highest BCUT2D eigenvalue weighted by Gasteiger charge is 2.21. The second-order valence-electron chi connectivity index (χ2n) is 3.00. The average Bonchev–Trinajstić information content (AvgIpc) is 2.26. The van der Waals surface area contributed by atoms with Crippen LogP contribution in [0.15, 0.2) is 12.1 Å². The predicted molar refractivity (Wildman–Crippen MR) is 54.4 cm³/mol. The third-order valence-corrected chi connectivity index (χ3v) is 2.02. The van der Waals surface area contributed by atoms with Gasteiger partial charge in [-0.2, -0.15) is 5.26 Å². The van der Waals surface area contributed by atoms with Crippen molar-refractivity contribution in [3.8, 4) is 11.8 Å². The first kappa shape index (κ1) is 11.7. The number of rotatable bonds is 3. The molecule has 0 heterocycles. The quantitative estimate of drug-likeness (QED) is 0.438. The molecule has 0 fully saturated rings. The number of hydrogen-bond acceptors (Lipinski definition) is 5. The lowest BCUT2D eigenvalue weighted by molar-refractivity contribution is -0.385. The van der Waals surface area contributed by atoms with E-state index in [2.05, 4.69) is 0 Å². The van der Waals surface area contributed by atoms with Gasteiger partial charge in [0.1, 0.15) is 11.8 Å². The zero-order chi connectivity index (χ0) is 12.3. The maximum Gasteiger partial charge on any atom is 0.291 e. The largest absolute Gasteiger partial charge is 0.495 e. The van der Waals surface area contributed by atoms with Gasteiger partial charge in [0, 0.05) is 11.6 Å². The molecule has 0 atom stereocenters. The number of nitro groups is 1. The second-order valence-corrected chi connectivity index (χ2v) is 3.00. The number of carbonyl (C=O) groups excluding carboxylic acids is 1. The SMILES string of the molecule is COc1cc(C(C)=O)cc([N+](=O)[O-])c1C#N. The van der Waals surface area contributed by atoms with E-state index in [1.165, 1.54) is 20.1 Å². The number of ketones is 1. The van der Waals surface area contributed by atoms with Gasteiger partial charge >= 0.3 is 0 Å². The average molecular weight is 220 g/mol. The summed E-state index contributed by atoms with van der Waals surface area (Å²) in [5.41, 5.74) is -0.466. The first-order chi connectivity index (χ1) is 7.51. The lowest BCUT2D eigenvalue weighted by Gasteiger charge is -2.05. The van der Waals surface area contributed by atoms with Crippen molar-refractivity contribution in [2.24, 2.45) is 0 Å². The molecular weight excluding hydrogens is 212 g/mol. The van der Waals surface area contributed by atoms with Crippen LogP contribution in [0, 0.1) is 21.4 Å². The molecule has 0 unspecified atom stereocenters.